The normalized spacial score (nSPS) is 20.7. The van der Waals surface area contributed by atoms with E-state index < -0.39 is 0 Å². The van der Waals surface area contributed by atoms with Crippen LogP contribution in [-0.2, 0) is 6.54 Å². The standard InChI is InChI=1S/C17H28N2/c1-4-10-18-16-9-6-11-19(12-16)13-17-14(2)7-5-8-15(17)3/h5,7-8,16,18H,4,6,9-13H2,1-3H3. The smallest absolute Gasteiger partial charge is 0.0239 e. The van der Waals surface area contributed by atoms with E-state index in [2.05, 4.69) is 49.2 Å². The molecule has 1 unspecified atom stereocenters. The van der Waals surface area contributed by atoms with Gasteiger partial charge in [0.05, 0.1) is 0 Å². The van der Waals surface area contributed by atoms with Gasteiger partial charge in [-0.25, -0.2) is 0 Å². The second-order valence-corrected chi connectivity index (χ2v) is 5.90. The maximum Gasteiger partial charge on any atom is 0.0239 e. The number of piperidine rings is 1. The highest BCUT2D eigenvalue weighted by Gasteiger charge is 2.20. The molecule has 1 atom stereocenters. The molecule has 1 aliphatic heterocycles. The zero-order valence-corrected chi connectivity index (χ0v) is 12.7. The first-order chi connectivity index (χ1) is 9.20. The number of rotatable bonds is 5. The van der Waals surface area contributed by atoms with Gasteiger partial charge in [0, 0.05) is 19.1 Å². The zero-order chi connectivity index (χ0) is 13.7. The van der Waals surface area contributed by atoms with Crippen molar-refractivity contribution in [3.05, 3.63) is 34.9 Å². The molecule has 0 spiro atoms. The summed E-state index contributed by atoms with van der Waals surface area (Å²) in [6, 6.07) is 7.33. The van der Waals surface area contributed by atoms with Crippen LogP contribution < -0.4 is 5.32 Å². The van der Waals surface area contributed by atoms with Gasteiger partial charge < -0.3 is 5.32 Å². The average Bonchev–Trinajstić information content (AvgIpc) is 2.41. The lowest BCUT2D eigenvalue weighted by molar-refractivity contribution is 0.183. The van der Waals surface area contributed by atoms with Crippen LogP contribution in [0.1, 0.15) is 42.9 Å². The van der Waals surface area contributed by atoms with Crippen molar-refractivity contribution in [2.75, 3.05) is 19.6 Å². The first-order valence-electron chi connectivity index (χ1n) is 7.71. The molecule has 2 rings (SSSR count). The van der Waals surface area contributed by atoms with Crippen molar-refractivity contribution in [1.82, 2.24) is 10.2 Å². The predicted octanol–water partition coefficient (Wildman–Crippen LogP) is 3.27. The largest absolute Gasteiger partial charge is 0.313 e. The zero-order valence-electron chi connectivity index (χ0n) is 12.7. The van der Waals surface area contributed by atoms with Gasteiger partial charge in [-0.3, -0.25) is 4.90 Å². The Morgan fingerprint density at radius 2 is 2.00 bits per heavy atom. The Bertz CT molecular complexity index is 380. The van der Waals surface area contributed by atoms with Gasteiger partial charge in [0.2, 0.25) is 0 Å². The minimum absolute atomic E-state index is 0.693. The number of likely N-dealkylation sites (tertiary alicyclic amines) is 1. The Kier molecular flexibility index (Phi) is 5.41. The Balaban J connectivity index is 1.95. The van der Waals surface area contributed by atoms with E-state index in [1.807, 2.05) is 0 Å². The first kappa shape index (κ1) is 14.5. The second kappa shape index (κ2) is 7.06. The van der Waals surface area contributed by atoms with Crippen LogP contribution in [-0.4, -0.2) is 30.6 Å². The fourth-order valence-electron chi connectivity index (χ4n) is 3.04. The molecule has 106 valence electrons. The average molecular weight is 260 g/mol. The third-order valence-electron chi connectivity index (χ3n) is 4.21. The van der Waals surface area contributed by atoms with Crippen LogP contribution in [0, 0.1) is 13.8 Å². The Labute approximate surface area is 118 Å². The topological polar surface area (TPSA) is 15.3 Å². The molecule has 19 heavy (non-hydrogen) atoms. The van der Waals surface area contributed by atoms with Crippen molar-refractivity contribution in [2.45, 2.75) is 52.6 Å². The second-order valence-electron chi connectivity index (χ2n) is 5.90. The minimum Gasteiger partial charge on any atom is -0.313 e. The monoisotopic (exact) mass is 260 g/mol. The molecule has 0 bridgehead atoms. The van der Waals surface area contributed by atoms with E-state index in [1.165, 1.54) is 49.0 Å². The van der Waals surface area contributed by atoms with Gasteiger partial charge in [0.25, 0.3) is 0 Å². The van der Waals surface area contributed by atoms with Crippen molar-refractivity contribution in [1.29, 1.82) is 0 Å². The van der Waals surface area contributed by atoms with Crippen molar-refractivity contribution < 1.29 is 0 Å². The van der Waals surface area contributed by atoms with Gasteiger partial charge in [-0.1, -0.05) is 25.1 Å². The number of nitrogens with zero attached hydrogens (tertiary/aromatic N) is 1. The molecule has 1 heterocycles. The van der Waals surface area contributed by atoms with Crippen LogP contribution in [0.3, 0.4) is 0 Å². The third kappa shape index (κ3) is 4.05. The molecule has 1 aromatic rings. The van der Waals surface area contributed by atoms with Gasteiger partial charge in [-0.2, -0.15) is 0 Å². The number of benzene rings is 1. The molecule has 1 fully saturated rings. The predicted molar refractivity (Wildman–Crippen MR) is 82.5 cm³/mol. The van der Waals surface area contributed by atoms with E-state index in [0.717, 1.165) is 13.1 Å². The summed E-state index contributed by atoms with van der Waals surface area (Å²) in [4.78, 5) is 2.62. The number of aryl methyl sites for hydroxylation is 2. The molecule has 1 N–H and O–H groups in total. The molecule has 2 heteroatoms. The van der Waals surface area contributed by atoms with E-state index in [9.17, 15) is 0 Å². The summed E-state index contributed by atoms with van der Waals surface area (Å²) >= 11 is 0. The van der Waals surface area contributed by atoms with Gasteiger partial charge in [0.15, 0.2) is 0 Å². The Morgan fingerprint density at radius 1 is 1.26 bits per heavy atom. The molecule has 0 saturated carbocycles. The van der Waals surface area contributed by atoms with Crippen LogP contribution >= 0.6 is 0 Å². The summed E-state index contributed by atoms with van der Waals surface area (Å²) in [6.45, 7) is 11.4. The molecule has 2 nitrogen and oxygen atoms in total. The van der Waals surface area contributed by atoms with Gasteiger partial charge >= 0.3 is 0 Å². The van der Waals surface area contributed by atoms with Crippen LogP contribution in [0.15, 0.2) is 18.2 Å². The SMILES string of the molecule is CCCNC1CCCN(Cc2c(C)cccc2C)C1. The van der Waals surface area contributed by atoms with E-state index in [0.29, 0.717) is 6.04 Å². The van der Waals surface area contributed by atoms with Crippen LogP contribution in [0.5, 0.6) is 0 Å². The summed E-state index contributed by atoms with van der Waals surface area (Å²) < 4.78 is 0. The van der Waals surface area contributed by atoms with Crippen molar-refractivity contribution in [3.8, 4) is 0 Å². The third-order valence-corrected chi connectivity index (χ3v) is 4.21. The van der Waals surface area contributed by atoms with Crippen molar-refractivity contribution >= 4 is 0 Å². The van der Waals surface area contributed by atoms with E-state index in [4.69, 9.17) is 0 Å². The summed E-state index contributed by atoms with van der Waals surface area (Å²) in [5.74, 6) is 0. The van der Waals surface area contributed by atoms with E-state index >= 15 is 0 Å². The van der Waals surface area contributed by atoms with Crippen molar-refractivity contribution in [2.24, 2.45) is 0 Å². The quantitative estimate of drug-likeness (QED) is 0.874. The fourth-order valence-corrected chi connectivity index (χ4v) is 3.04. The highest BCUT2D eigenvalue weighted by Crippen LogP contribution is 2.19. The minimum atomic E-state index is 0.693. The number of hydrogen-bond acceptors (Lipinski definition) is 2. The Morgan fingerprint density at radius 3 is 2.68 bits per heavy atom. The highest BCUT2D eigenvalue weighted by molar-refractivity contribution is 5.33. The van der Waals surface area contributed by atoms with Crippen LogP contribution in [0.4, 0.5) is 0 Å². The summed E-state index contributed by atoms with van der Waals surface area (Å²) in [5.41, 5.74) is 4.39. The van der Waals surface area contributed by atoms with Gasteiger partial charge in [-0.15, -0.1) is 0 Å². The maximum absolute atomic E-state index is 3.67. The first-order valence-corrected chi connectivity index (χ1v) is 7.71. The molecule has 0 amide bonds. The van der Waals surface area contributed by atoms with E-state index in [1.54, 1.807) is 0 Å². The number of nitrogens with one attached hydrogen (secondary N) is 1. The molecule has 1 saturated heterocycles. The summed E-state index contributed by atoms with van der Waals surface area (Å²) in [6.07, 6.45) is 3.89. The molecule has 1 aromatic carbocycles. The lowest BCUT2D eigenvalue weighted by Gasteiger charge is -2.34. The molecular weight excluding hydrogens is 232 g/mol. The van der Waals surface area contributed by atoms with E-state index in [-0.39, 0.29) is 0 Å². The lowest BCUT2D eigenvalue weighted by atomic mass is 10.00. The summed E-state index contributed by atoms with van der Waals surface area (Å²) in [7, 11) is 0. The summed E-state index contributed by atoms with van der Waals surface area (Å²) in [5, 5.41) is 3.67. The van der Waals surface area contributed by atoms with Gasteiger partial charge in [-0.05, 0) is 62.9 Å². The van der Waals surface area contributed by atoms with Crippen LogP contribution in [0.25, 0.3) is 0 Å². The maximum atomic E-state index is 3.67. The fraction of sp³-hybridized carbons (Fsp3) is 0.647. The highest BCUT2D eigenvalue weighted by atomic mass is 15.2. The molecule has 1 aliphatic rings. The van der Waals surface area contributed by atoms with Crippen LogP contribution in [0.2, 0.25) is 0 Å². The molecule has 0 radical (unpaired) electrons. The van der Waals surface area contributed by atoms with Crippen molar-refractivity contribution in [3.63, 3.8) is 0 Å². The molecule has 0 aromatic heterocycles. The molecular formula is C17H28N2. The number of hydrogen-bond donors (Lipinski definition) is 1. The van der Waals surface area contributed by atoms with Gasteiger partial charge in [0.1, 0.15) is 0 Å². The Hall–Kier alpha value is -0.860. The molecule has 0 aliphatic carbocycles. The lowest BCUT2D eigenvalue weighted by Crippen LogP contribution is -2.45.